The van der Waals surface area contributed by atoms with Gasteiger partial charge in [0.15, 0.2) is 17.5 Å². The number of para-hydroxylation sites is 1. The van der Waals surface area contributed by atoms with Crippen LogP contribution in [-0.2, 0) is 19.5 Å². The molecular formula is C23H26N4O2. The van der Waals surface area contributed by atoms with Gasteiger partial charge in [-0.25, -0.2) is 0 Å². The largest absolute Gasteiger partial charge is 0.493 e. The Balaban J connectivity index is 1.51. The molecule has 1 aliphatic heterocycles. The molecule has 1 aromatic heterocycles. The molecule has 2 aromatic carbocycles. The van der Waals surface area contributed by atoms with Crippen molar-refractivity contribution >= 4 is 16.9 Å². The van der Waals surface area contributed by atoms with Gasteiger partial charge in [-0.3, -0.25) is 9.98 Å². The van der Waals surface area contributed by atoms with E-state index in [0.717, 1.165) is 53.4 Å². The van der Waals surface area contributed by atoms with Crippen LogP contribution in [0.2, 0.25) is 0 Å². The smallest absolute Gasteiger partial charge is 0.194 e. The Morgan fingerprint density at radius 2 is 1.86 bits per heavy atom. The van der Waals surface area contributed by atoms with Gasteiger partial charge < -0.3 is 19.7 Å². The molecule has 2 heterocycles. The van der Waals surface area contributed by atoms with Crippen LogP contribution in [0.3, 0.4) is 0 Å². The first-order chi connectivity index (χ1) is 14.2. The highest BCUT2D eigenvalue weighted by atomic mass is 16.5. The molecule has 0 amide bonds. The standard InChI is InChI=1S/C23H26N4O2/c1-24-23(26-14-18-7-4-6-16-8-5-10-25-22(16)18)27-11-9-17-12-20(28-2)21(29-3)13-19(17)15-27/h4-8,10,12-13H,9,11,14-15H2,1-3H3,(H,24,26). The second kappa shape index (κ2) is 8.39. The third-order valence-electron chi connectivity index (χ3n) is 5.38. The summed E-state index contributed by atoms with van der Waals surface area (Å²) in [5, 5.41) is 4.66. The normalized spacial score (nSPS) is 13.9. The highest BCUT2D eigenvalue weighted by Gasteiger charge is 2.21. The number of aliphatic imine (C=N–C) groups is 1. The van der Waals surface area contributed by atoms with Crippen LogP contribution in [0.25, 0.3) is 10.9 Å². The molecule has 0 atom stereocenters. The maximum absolute atomic E-state index is 5.47. The van der Waals surface area contributed by atoms with Gasteiger partial charge in [-0.05, 0) is 41.3 Å². The van der Waals surface area contributed by atoms with Crippen molar-refractivity contribution in [3.8, 4) is 11.5 Å². The van der Waals surface area contributed by atoms with E-state index in [9.17, 15) is 0 Å². The van der Waals surface area contributed by atoms with E-state index in [-0.39, 0.29) is 0 Å². The molecule has 0 unspecified atom stereocenters. The second-order valence-electron chi connectivity index (χ2n) is 7.04. The summed E-state index contributed by atoms with van der Waals surface area (Å²) >= 11 is 0. The zero-order chi connectivity index (χ0) is 20.2. The number of pyridine rings is 1. The van der Waals surface area contributed by atoms with Crippen molar-refractivity contribution in [3.63, 3.8) is 0 Å². The third-order valence-corrected chi connectivity index (χ3v) is 5.38. The van der Waals surface area contributed by atoms with Crippen molar-refractivity contribution < 1.29 is 9.47 Å². The lowest BCUT2D eigenvalue weighted by Gasteiger charge is -2.32. The fraction of sp³-hybridized carbons (Fsp3) is 0.304. The lowest BCUT2D eigenvalue weighted by Crippen LogP contribution is -2.43. The number of ether oxygens (including phenoxy) is 2. The van der Waals surface area contributed by atoms with Gasteiger partial charge in [0.1, 0.15) is 0 Å². The van der Waals surface area contributed by atoms with Crippen LogP contribution in [-0.4, -0.2) is 43.7 Å². The van der Waals surface area contributed by atoms with Crippen LogP contribution >= 0.6 is 0 Å². The Morgan fingerprint density at radius 1 is 1.10 bits per heavy atom. The number of nitrogens with one attached hydrogen (secondary N) is 1. The predicted molar refractivity (Wildman–Crippen MR) is 116 cm³/mol. The summed E-state index contributed by atoms with van der Waals surface area (Å²) in [5.41, 5.74) is 4.73. The highest BCUT2D eigenvalue weighted by molar-refractivity contribution is 5.83. The van der Waals surface area contributed by atoms with Crippen LogP contribution < -0.4 is 14.8 Å². The zero-order valence-corrected chi connectivity index (χ0v) is 17.1. The topological polar surface area (TPSA) is 59.0 Å². The minimum atomic E-state index is 0.677. The lowest BCUT2D eigenvalue weighted by molar-refractivity contribution is 0.346. The fourth-order valence-corrected chi connectivity index (χ4v) is 3.88. The molecule has 1 aliphatic rings. The Kier molecular flexibility index (Phi) is 5.51. The van der Waals surface area contributed by atoms with Crippen LogP contribution in [0.1, 0.15) is 16.7 Å². The summed E-state index contributed by atoms with van der Waals surface area (Å²) < 4.78 is 10.9. The third kappa shape index (κ3) is 3.83. The SMILES string of the molecule is CN=C(NCc1cccc2cccnc12)N1CCc2cc(OC)c(OC)cc2C1. The average Bonchev–Trinajstić information content (AvgIpc) is 2.78. The minimum absolute atomic E-state index is 0.677. The van der Waals surface area contributed by atoms with Gasteiger partial charge in [-0.15, -0.1) is 0 Å². The van der Waals surface area contributed by atoms with E-state index < -0.39 is 0 Å². The van der Waals surface area contributed by atoms with E-state index >= 15 is 0 Å². The van der Waals surface area contributed by atoms with Crippen LogP contribution in [0, 0.1) is 0 Å². The van der Waals surface area contributed by atoms with Gasteiger partial charge >= 0.3 is 0 Å². The van der Waals surface area contributed by atoms with Gasteiger partial charge in [0.25, 0.3) is 0 Å². The number of rotatable bonds is 4. The summed E-state index contributed by atoms with van der Waals surface area (Å²) in [4.78, 5) is 11.3. The average molecular weight is 390 g/mol. The zero-order valence-electron chi connectivity index (χ0n) is 17.1. The molecule has 0 fully saturated rings. The van der Waals surface area contributed by atoms with Crippen LogP contribution in [0.4, 0.5) is 0 Å². The van der Waals surface area contributed by atoms with Crippen molar-refractivity contribution in [1.82, 2.24) is 15.2 Å². The molecule has 4 rings (SSSR count). The molecule has 0 aliphatic carbocycles. The molecule has 0 saturated heterocycles. The summed E-state index contributed by atoms with van der Waals surface area (Å²) in [6, 6.07) is 14.5. The number of methoxy groups -OCH3 is 2. The molecule has 1 N–H and O–H groups in total. The number of hydrogen-bond acceptors (Lipinski definition) is 4. The number of nitrogens with zero attached hydrogens (tertiary/aromatic N) is 3. The van der Waals surface area contributed by atoms with Crippen molar-refractivity contribution in [1.29, 1.82) is 0 Å². The molecule has 29 heavy (non-hydrogen) atoms. The molecule has 6 nitrogen and oxygen atoms in total. The molecule has 0 spiro atoms. The highest BCUT2D eigenvalue weighted by Crippen LogP contribution is 2.33. The summed E-state index contributed by atoms with van der Waals surface area (Å²) in [5.74, 6) is 2.43. The Morgan fingerprint density at radius 3 is 2.62 bits per heavy atom. The molecule has 150 valence electrons. The number of guanidine groups is 1. The van der Waals surface area contributed by atoms with Crippen molar-refractivity contribution in [2.45, 2.75) is 19.5 Å². The molecule has 0 saturated carbocycles. The van der Waals surface area contributed by atoms with Gasteiger partial charge in [0.2, 0.25) is 0 Å². The molecule has 3 aromatic rings. The van der Waals surface area contributed by atoms with Crippen molar-refractivity contribution in [3.05, 3.63) is 65.4 Å². The molecule has 6 heteroatoms. The monoisotopic (exact) mass is 390 g/mol. The van der Waals surface area contributed by atoms with E-state index in [1.54, 1.807) is 14.2 Å². The molecular weight excluding hydrogens is 364 g/mol. The number of benzene rings is 2. The summed E-state index contributed by atoms with van der Waals surface area (Å²) in [6.07, 6.45) is 2.77. The number of aromatic nitrogens is 1. The van der Waals surface area contributed by atoms with Crippen molar-refractivity contribution in [2.24, 2.45) is 4.99 Å². The Bertz CT molecular complexity index is 1040. The van der Waals surface area contributed by atoms with Crippen LogP contribution in [0.5, 0.6) is 11.5 Å². The van der Waals surface area contributed by atoms with Gasteiger partial charge in [-0.1, -0.05) is 24.3 Å². The predicted octanol–water partition coefficient (Wildman–Crippen LogP) is 3.39. The Hall–Kier alpha value is -3.28. The first-order valence-corrected chi connectivity index (χ1v) is 9.75. The maximum Gasteiger partial charge on any atom is 0.194 e. The van der Waals surface area contributed by atoms with E-state index in [0.29, 0.717) is 6.54 Å². The first kappa shape index (κ1) is 19.1. The lowest BCUT2D eigenvalue weighted by atomic mass is 9.99. The molecule has 0 radical (unpaired) electrons. The van der Waals surface area contributed by atoms with Crippen LogP contribution in [0.15, 0.2) is 53.7 Å². The second-order valence-corrected chi connectivity index (χ2v) is 7.04. The van der Waals surface area contributed by atoms with E-state index in [1.807, 2.05) is 19.3 Å². The van der Waals surface area contributed by atoms with E-state index in [1.165, 1.54) is 11.1 Å². The van der Waals surface area contributed by atoms with Gasteiger partial charge in [0, 0.05) is 38.3 Å². The fourth-order valence-electron chi connectivity index (χ4n) is 3.88. The first-order valence-electron chi connectivity index (χ1n) is 9.75. The summed E-state index contributed by atoms with van der Waals surface area (Å²) in [6.45, 7) is 2.36. The number of fused-ring (bicyclic) bond motifs is 2. The van der Waals surface area contributed by atoms with Crippen molar-refractivity contribution in [2.75, 3.05) is 27.8 Å². The minimum Gasteiger partial charge on any atom is -0.493 e. The summed E-state index contributed by atoms with van der Waals surface area (Å²) in [7, 11) is 5.17. The van der Waals surface area contributed by atoms with Gasteiger partial charge in [-0.2, -0.15) is 0 Å². The van der Waals surface area contributed by atoms with Gasteiger partial charge in [0.05, 0.1) is 19.7 Å². The Labute approximate surface area is 171 Å². The van der Waals surface area contributed by atoms with E-state index in [4.69, 9.17) is 9.47 Å². The van der Waals surface area contributed by atoms with E-state index in [2.05, 4.69) is 56.6 Å². The molecule has 0 bridgehead atoms. The maximum atomic E-state index is 5.47. The number of hydrogen-bond donors (Lipinski definition) is 1. The quantitative estimate of drug-likeness (QED) is 0.547.